The molecular weight excluding hydrogens is 554 g/mol. The molecule has 2 aliphatic heterocycles. The van der Waals surface area contributed by atoms with Gasteiger partial charge < -0.3 is 0 Å². The second kappa shape index (κ2) is 10.5. The molecule has 0 fully saturated rings. The number of aryl methyl sites for hydroxylation is 1. The van der Waals surface area contributed by atoms with Crippen molar-refractivity contribution >= 4 is 37.8 Å². The van der Waals surface area contributed by atoms with E-state index in [0.29, 0.717) is 17.6 Å². The lowest BCUT2D eigenvalue weighted by Crippen LogP contribution is -2.42. The van der Waals surface area contributed by atoms with Gasteiger partial charge in [0.25, 0.3) is 11.8 Å². The molecule has 7 nitrogen and oxygen atoms in total. The van der Waals surface area contributed by atoms with E-state index in [0.717, 1.165) is 36.0 Å². The lowest BCUT2D eigenvalue weighted by atomic mass is 9.92. The van der Waals surface area contributed by atoms with Crippen molar-refractivity contribution in [3.05, 3.63) is 93.2 Å². The average molecular weight is 583 g/mol. The smallest absolute Gasteiger partial charge is 0.273 e. The maximum absolute atomic E-state index is 13.8. The van der Waals surface area contributed by atoms with Crippen LogP contribution in [0.3, 0.4) is 0 Å². The minimum atomic E-state index is -3.80. The number of rotatable bonds is 8. The fourth-order valence-electron chi connectivity index (χ4n) is 5.15. The first-order valence-corrected chi connectivity index (χ1v) is 14.8. The van der Waals surface area contributed by atoms with Crippen LogP contribution in [-0.2, 0) is 22.9 Å². The first kappa shape index (κ1) is 25.8. The fraction of sp³-hybridized carbons (Fsp3) is 0.321. The highest BCUT2D eigenvalue weighted by atomic mass is 79.9. The molecule has 0 saturated heterocycles. The molecule has 1 aromatic heterocycles. The third-order valence-electron chi connectivity index (χ3n) is 7.12. The fourth-order valence-corrected chi connectivity index (χ4v) is 7.10. The van der Waals surface area contributed by atoms with Crippen LogP contribution in [0.4, 0.5) is 0 Å². The third kappa shape index (κ3) is 4.87. The Bertz CT molecular complexity index is 1460. The largest absolute Gasteiger partial charge is 0.280 e. The zero-order chi connectivity index (χ0) is 26.2. The SMILES string of the molecule is CCCCc1ccc(S(=O)(=O)N2CCc3ccccc3C2CCN2C(=O)c3ccc(Br)nc3C2=O)cc1. The van der Waals surface area contributed by atoms with Crippen LogP contribution in [-0.4, -0.2) is 47.5 Å². The molecule has 2 amide bonds. The number of imide groups is 1. The van der Waals surface area contributed by atoms with Crippen molar-refractivity contribution in [3.63, 3.8) is 0 Å². The molecule has 0 spiro atoms. The number of carbonyl (C=O) groups is 2. The van der Waals surface area contributed by atoms with Crippen molar-refractivity contribution < 1.29 is 18.0 Å². The number of fused-ring (bicyclic) bond motifs is 2. The zero-order valence-electron chi connectivity index (χ0n) is 20.6. The molecule has 9 heteroatoms. The standard InChI is InChI=1S/C28H28BrN3O4S/c1-2-3-6-19-9-11-21(12-10-19)37(35,36)32-18-15-20-7-4-5-8-22(20)24(32)16-17-31-27(33)23-13-14-25(29)30-26(23)28(31)34/h4-5,7-14,24H,2-3,6,15-18H2,1H3. The van der Waals surface area contributed by atoms with Crippen molar-refractivity contribution in [3.8, 4) is 0 Å². The van der Waals surface area contributed by atoms with E-state index in [1.165, 1.54) is 9.21 Å². The van der Waals surface area contributed by atoms with E-state index in [1.54, 1.807) is 24.3 Å². The molecule has 0 aliphatic carbocycles. The predicted molar refractivity (Wildman–Crippen MR) is 144 cm³/mol. The summed E-state index contributed by atoms with van der Waals surface area (Å²) in [7, 11) is -3.80. The number of unbranched alkanes of at least 4 members (excludes halogenated alkanes) is 1. The van der Waals surface area contributed by atoms with Crippen molar-refractivity contribution in [1.29, 1.82) is 0 Å². The Hall–Kier alpha value is -2.88. The molecule has 0 saturated carbocycles. The monoisotopic (exact) mass is 581 g/mol. The summed E-state index contributed by atoms with van der Waals surface area (Å²) in [6.45, 7) is 2.55. The Kier molecular flexibility index (Phi) is 7.29. The minimum Gasteiger partial charge on any atom is -0.273 e. The summed E-state index contributed by atoms with van der Waals surface area (Å²) in [6, 6.07) is 17.7. The van der Waals surface area contributed by atoms with Gasteiger partial charge in [-0.25, -0.2) is 13.4 Å². The number of carbonyl (C=O) groups excluding carboxylic acids is 2. The maximum atomic E-state index is 13.8. The van der Waals surface area contributed by atoms with Crippen LogP contribution < -0.4 is 0 Å². The van der Waals surface area contributed by atoms with Crippen LogP contribution in [0.25, 0.3) is 0 Å². The van der Waals surface area contributed by atoms with Crippen molar-refractivity contribution in [2.45, 2.75) is 50.0 Å². The van der Waals surface area contributed by atoms with Gasteiger partial charge in [0.05, 0.1) is 16.5 Å². The van der Waals surface area contributed by atoms with Crippen LogP contribution in [0.1, 0.15) is 69.8 Å². The van der Waals surface area contributed by atoms with Crippen LogP contribution in [0.5, 0.6) is 0 Å². The summed E-state index contributed by atoms with van der Waals surface area (Å²) in [5.74, 6) is -0.858. The zero-order valence-corrected chi connectivity index (χ0v) is 23.0. The third-order valence-corrected chi connectivity index (χ3v) is 9.49. The second-order valence-corrected chi connectivity index (χ2v) is 12.1. The molecule has 37 heavy (non-hydrogen) atoms. The number of hydrogen-bond acceptors (Lipinski definition) is 5. The molecule has 0 bridgehead atoms. The topological polar surface area (TPSA) is 87.7 Å². The Balaban J connectivity index is 1.42. The highest BCUT2D eigenvalue weighted by molar-refractivity contribution is 9.10. The molecule has 3 aromatic rings. The van der Waals surface area contributed by atoms with Crippen LogP contribution in [0.2, 0.25) is 0 Å². The highest BCUT2D eigenvalue weighted by Gasteiger charge is 2.40. The Labute approximate surface area is 225 Å². The van der Waals surface area contributed by atoms with E-state index in [1.807, 2.05) is 36.4 Å². The molecule has 1 atom stereocenters. The van der Waals surface area contributed by atoms with Gasteiger partial charge in [0.2, 0.25) is 10.0 Å². The van der Waals surface area contributed by atoms with Gasteiger partial charge in [-0.05, 0) is 82.6 Å². The summed E-state index contributed by atoms with van der Waals surface area (Å²) in [5, 5.41) is 0. The number of amides is 2. The second-order valence-electron chi connectivity index (χ2n) is 9.41. The lowest BCUT2D eigenvalue weighted by Gasteiger charge is -2.37. The van der Waals surface area contributed by atoms with E-state index in [4.69, 9.17) is 0 Å². The summed E-state index contributed by atoms with van der Waals surface area (Å²) in [6.07, 6.45) is 3.95. The summed E-state index contributed by atoms with van der Waals surface area (Å²) < 4.78 is 29.7. The van der Waals surface area contributed by atoms with E-state index in [9.17, 15) is 18.0 Å². The van der Waals surface area contributed by atoms with Crippen LogP contribution >= 0.6 is 15.9 Å². The van der Waals surface area contributed by atoms with Gasteiger partial charge in [0.15, 0.2) is 0 Å². The molecule has 0 N–H and O–H groups in total. The molecule has 2 aromatic carbocycles. The van der Waals surface area contributed by atoms with Crippen molar-refractivity contribution in [2.24, 2.45) is 0 Å². The molecule has 5 rings (SSSR count). The summed E-state index contributed by atoms with van der Waals surface area (Å²) in [5.41, 5.74) is 3.50. The molecular formula is C28H28BrN3O4S. The Morgan fingerprint density at radius 1 is 1.00 bits per heavy atom. The van der Waals surface area contributed by atoms with Crippen LogP contribution in [0.15, 0.2) is 70.2 Å². The number of hydrogen-bond donors (Lipinski definition) is 0. The molecule has 192 valence electrons. The van der Waals surface area contributed by atoms with Crippen molar-refractivity contribution in [1.82, 2.24) is 14.2 Å². The predicted octanol–water partition coefficient (Wildman–Crippen LogP) is 5.16. The Morgan fingerprint density at radius 3 is 2.51 bits per heavy atom. The van der Waals surface area contributed by atoms with Gasteiger partial charge in [0, 0.05) is 13.1 Å². The van der Waals surface area contributed by atoms with Gasteiger partial charge in [0.1, 0.15) is 10.3 Å². The van der Waals surface area contributed by atoms with E-state index >= 15 is 0 Å². The highest BCUT2D eigenvalue weighted by Crippen LogP contribution is 2.37. The van der Waals surface area contributed by atoms with E-state index in [2.05, 4.69) is 27.8 Å². The van der Waals surface area contributed by atoms with Gasteiger partial charge >= 0.3 is 0 Å². The van der Waals surface area contributed by atoms with Gasteiger partial charge in [-0.2, -0.15) is 4.31 Å². The number of pyridine rings is 1. The number of benzene rings is 2. The lowest BCUT2D eigenvalue weighted by molar-refractivity contribution is 0.0640. The van der Waals surface area contributed by atoms with Gasteiger partial charge in [-0.15, -0.1) is 0 Å². The number of sulfonamides is 1. The molecule has 2 aliphatic rings. The first-order chi connectivity index (χ1) is 17.8. The summed E-state index contributed by atoms with van der Waals surface area (Å²) in [4.78, 5) is 31.6. The summed E-state index contributed by atoms with van der Waals surface area (Å²) >= 11 is 3.25. The number of nitrogens with zero attached hydrogens (tertiary/aromatic N) is 3. The van der Waals surface area contributed by atoms with E-state index < -0.39 is 27.9 Å². The minimum absolute atomic E-state index is 0.0899. The normalized spacial score (nSPS) is 17.7. The quantitative estimate of drug-likeness (QED) is 0.271. The average Bonchev–Trinajstić information content (AvgIpc) is 3.14. The van der Waals surface area contributed by atoms with E-state index in [-0.39, 0.29) is 29.1 Å². The maximum Gasteiger partial charge on any atom is 0.280 e. The molecule has 0 radical (unpaired) electrons. The van der Waals surface area contributed by atoms with Gasteiger partial charge in [-0.1, -0.05) is 49.7 Å². The molecule has 3 heterocycles. The number of halogens is 1. The van der Waals surface area contributed by atoms with Crippen LogP contribution in [0, 0.1) is 0 Å². The van der Waals surface area contributed by atoms with Gasteiger partial charge in [-0.3, -0.25) is 14.5 Å². The Morgan fingerprint density at radius 2 is 1.76 bits per heavy atom. The number of aromatic nitrogens is 1. The first-order valence-electron chi connectivity index (χ1n) is 12.5. The van der Waals surface area contributed by atoms with Crippen molar-refractivity contribution in [2.75, 3.05) is 13.1 Å². The molecule has 1 unspecified atom stereocenters.